The summed E-state index contributed by atoms with van der Waals surface area (Å²) >= 11 is 0. The van der Waals surface area contributed by atoms with Gasteiger partial charge in [-0.3, -0.25) is 0 Å². The predicted octanol–water partition coefficient (Wildman–Crippen LogP) is 2.65. The lowest BCUT2D eigenvalue weighted by Crippen LogP contribution is -2.57. The average molecular weight is 300 g/mol. The second-order valence-corrected chi connectivity index (χ2v) is 7.42. The fourth-order valence-electron chi connectivity index (χ4n) is 3.65. The fraction of sp³-hybridized carbons (Fsp3) is 0.882. The normalized spacial score (nSPS) is 31.2. The Morgan fingerprint density at radius 2 is 1.76 bits per heavy atom. The van der Waals surface area contributed by atoms with E-state index in [0.29, 0.717) is 6.61 Å². The highest BCUT2D eigenvalue weighted by Crippen LogP contribution is 2.44. The summed E-state index contributed by atoms with van der Waals surface area (Å²) in [6, 6.07) is 0. The van der Waals surface area contributed by atoms with Crippen LogP contribution in [0, 0.1) is 16.7 Å². The molecule has 1 rings (SSSR count). The van der Waals surface area contributed by atoms with Crippen LogP contribution in [0.25, 0.3) is 0 Å². The Hall–Kier alpha value is -0.420. The van der Waals surface area contributed by atoms with Crippen LogP contribution in [0.3, 0.4) is 0 Å². The van der Waals surface area contributed by atoms with Crippen molar-refractivity contribution < 1.29 is 19.3 Å². The highest BCUT2D eigenvalue weighted by Gasteiger charge is 2.47. The van der Waals surface area contributed by atoms with E-state index in [2.05, 4.69) is 34.3 Å². The zero-order chi connectivity index (χ0) is 16.3. The van der Waals surface area contributed by atoms with Gasteiger partial charge in [-0.1, -0.05) is 33.8 Å². The Morgan fingerprint density at radius 1 is 1.19 bits per heavy atom. The highest BCUT2D eigenvalue weighted by molar-refractivity contribution is 4.99. The maximum absolute atomic E-state index is 9.45. The standard InChI is InChI=1S/C17H32O4/c1-8-16(2,3)11-17(4,5)12-10-21-13(9-18)15(20-7)14(12)19-6/h8,12-15,18H,1,9-11H2,2-7H3. The van der Waals surface area contributed by atoms with Crippen LogP contribution in [0.5, 0.6) is 0 Å². The van der Waals surface area contributed by atoms with Gasteiger partial charge < -0.3 is 19.3 Å². The number of hydrogen-bond donors (Lipinski definition) is 1. The maximum atomic E-state index is 9.45. The monoisotopic (exact) mass is 300 g/mol. The van der Waals surface area contributed by atoms with Gasteiger partial charge in [0.15, 0.2) is 0 Å². The molecule has 0 radical (unpaired) electrons. The molecule has 1 N–H and O–H groups in total. The molecular weight excluding hydrogens is 268 g/mol. The summed E-state index contributed by atoms with van der Waals surface area (Å²) in [4.78, 5) is 0. The van der Waals surface area contributed by atoms with E-state index in [1.165, 1.54) is 0 Å². The molecule has 4 nitrogen and oxygen atoms in total. The number of aliphatic hydroxyl groups is 1. The molecule has 21 heavy (non-hydrogen) atoms. The van der Waals surface area contributed by atoms with Gasteiger partial charge in [0.25, 0.3) is 0 Å². The summed E-state index contributed by atoms with van der Waals surface area (Å²) in [5.41, 5.74) is 0.0633. The summed E-state index contributed by atoms with van der Waals surface area (Å²) in [6.07, 6.45) is 2.34. The van der Waals surface area contributed by atoms with Crippen LogP contribution < -0.4 is 0 Å². The SMILES string of the molecule is C=CC(C)(C)CC(C)(C)C1COC(CO)C(OC)C1OC. The van der Waals surface area contributed by atoms with E-state index in [9.17, 15) is 5.11 Å². The minimum absolute atomic E-state index is 0.00950. The molecule has 0 aromatic rings. The van der Waals surface area contributed by atoms with Crippen LogP contribution in [0.1, 0.15) is 34.1 Å². The molecule has 0 aliphatic carbocycles. The van der Waals surface area contributed by atoms with Crippen molar-refractivity contribution in [2.45, 2.75) is 52.4 Å². The van der Waals surface area contributed by atoms with Gasteiger partial charge in [-0.2, -0.15) is 0 Å². The molecule has 0 bridgehead atoms. The molecule has 124 valence electrons. The van der Waals surface area contributed by atoms with Crippen molar-refractivity contribution in [1.29, 1.82) is 0 Å². The van der Waals surface area contributed by atoms with Gasteiger partial charge in [0.1, 0.15) is 12.2 Å². The maximum Gasteiger partial charge on any atom is 0.112 e. The third-order valence-corrected chi connectivity index (χ3v) is 4.77. The second kappa shape index (κ2) is 7.23. The first-order valence-corrected chi connectivity index (χ1v) is 7.64. The zero-order valence-electron chi connectivity index (χ0n) is 14.4. The first-order valence-electron chi connectivity index (χ1n) is 7.64. The third kappa shape index (κ3) is 4.28. The lowest BCUT2D eigenvalue weighted by Gasteiger charge is -2.48. The molecule has 4 unspecified atom stereocenters. The molecule has 1 fully saturated rings. The van der Waals surface area contributed by atoms with Gasteiger partial charge >= 0.3 is 0 Å². The van der Waals surface area contributed by atoms with Crippen molar-refractivity contribution in [1.82, 2.24) is 0 Å². The summed E-state index contributed by atoms with van der Waals surface area (Å²) < 4.78 is 17.1. The third-order valence-electron chi connectivity index (χ3n) is 4.77. The second-order valence-electron chi connectivity index (χ2n) is 7.42. The summed E-state index contributed by atoms with van der Waals surface area (Å²) in [5.74, 6) is 0.203. The number of methoxy groups -OCH3 is 2. The van der Waals surface area contributed by atoms with E-state index >= 15 is 0 Å². The van der Waals surface area contributed by atoms with E-state index in [4.69, 9.17) is 14.2 Å². The molecule has 1 heterocycles. The van der Waals surface area contributed by atoms with Crippen molar-refractivity contribution in [3.8, 4) is 0 Å². The number of aliphatic hydroxyl groups excluding tert-OH is 1. The molecule has 1 aliphatic rings. The Bertz CT molecular complexity index is 338. The minimum Gasteiger partial charge on any atom is -0.394 e. The molecule has 0 amide bonds. The molecule has 0 aromatic carbocycles. The highest BCUT2D eigenvalue weighted by atomic mass is 16.6. The van der Waals surface area contributed by atoms with Crippen LogP contribution in [0.4, 0.5) is 0 Å². The van der Waals surface area contributed by atoms with Gasteiger partial charge in [0.2, 0.25) is 0 Å². The van der Waals surface area contributed by atoms with Crippen LogP contribution in [-0.2, 0) is 14.2 Å². The summed E-state index contributed by atoms with van der Waals surface area (Å²) in [6.45, 7) is 13.3. The first-order chi connectivity index (χ1) is 9.72. The van der Waals surface area contributed by atoms with Crippen LogP contribution in [-0.4, -0.2) is 50.9 Å². The summed E-state index contributed by atoms with van der Waals surface area (Å²) in [7, 11) is 3.35. The largest absolute Gasteiger partial charge is 0.394 e. The van der Waals surface area contributed by atoms with E-state index in [-0.39, 0.29) is 41.7 Å². The number of allylic oxidation sites excluding steroid dienone is 1. The van der Waals surface area contributed by atoms with Gasteiger partial charge in [0, 0.05) is 20.1 Å². The van der Waals surface area contributed by atoms with Gasteiger partial charge in [-0.25, -0.2) is 0 Å². The van der Waals surface area contributed by atoms with E-state index in [1.54, 1.807) is 14.2 Å². The molecular formula is C17H32O4. The van der Waals surface area contributed by atoms with Gasteiger partial charge in [-0.15, -0.1) is 6.58 Å². The van der Waals surface area contributed by atoms with Crippen molar-refractivity contribution in [3.63, 3.8) is 0 Å². The molecule has 0 spiro atoms. The van der Waals surface area contributed by atoms with Crippen LogP contribution >= 0.6 is 0 Å². The molecule has 0 aromatic heterocycles. The van der Waals surface area contributed by atoms with E-state index in [1.807, 2.05) is 6.08 Å². The molecule has 1 aliphatic heterocycles. The average Bonchev–Trinajstić information content (AvgIpc) is 2.44. The quantitative estimate of drug-likeness (QED) is 0.734. The number of ether oxygens (including phenoxy) is 3. The Morgan fingerprint density at radius 3 is 2.19 bits per heavy atom. The van der Waals surface area contributed by atoms with Crippen molar-refractivity contribution in [3.05, 3.63) is 12.7 Å². The number of rotatable bonds is 7. The molecule has 0 saturated carbocycles. The zero-order valence-corrected chi connectivity index (χ0v) is 14.4. The van der Waals surface area contributed by atoms with Crippen molar-refractivity contribution >= 4 is 0 Å². The van der Waals surface area contributed by atoms with E-state index < -0.39 is 0 Å². The number of hydrogen-bond acceptors (Lipinski definition) is 4. The van der Waals surface area contributed by atoms with Crippen LogP contribution in [0.15, 0.2) is 12.7 Å². The topological polar surface area (TPSA) is 47.9 Å². The molecule has 4 atom stereocenters. The Kier molecular flexibility index (Phi) is 6.41. The Balaban J connectivity index is 2.96. The van der Waals surface area contributed by atoms with Crippen molar-refractivity contribution in [2.24, 2.45) is 16.7 Å². The van der Waals surface area contributed by atoms with Crippen molar-refractivity contribution in [2.75, 3.05) is 27.4 Å². The first kappa shape index (κ1) is 18.6. The van der Waals surface area contributed by atoms with Gasteiger partial charge in [-0.05, 0) is 17.3 Å². The lowest BCUT2D eigenvalue weighted by molar-refractivity contribution is -0.214. The molecule has 4 heteroatoms. The smallest absolute Gasteiger partial charge is 0.112 e. The van der Waals surface area contributed by atoms with Crippen LogP contribution in [0.2, 0.25) is 0 Å². The summed E-state index contributed by atoms with van der Waals surface area (Å²) in [5, 5.41) is 9.45. The Labute approximate surface area is 129 Å². The predicted molar refractivity (Wildman–Crippen MR) is 84.3 cm³/mol. The lowest BCUT2D eigenvalue weighted by atomic mass is 9.65. The minimum atomic E-state index is -0.320. The fourth-order valence-corrected chi connectivity index (χ4v) is 3.65. The molecule has 1 saturated heterocycles. The van der Waals surface area contributed by atoms with Gasteiger partial charge in [0.05, 0.1) is 19.3 Å². The van der Waals surface area contributed by atoms with E-state index in [0.717, 1.165) is 6.42 Å².